The first kappa shape index (κ1) is 14.8. The molecule has 0 fully saturated rings. The normalized spacial score (nSPS) is 11.7. The van der Waals surface area contributed by atoms with Gasteiger partial charge in [0.15, 0.2) is 0 Å². The molecule has 0 aliphatic carbocycles. The molecule has 0 bridgehead atoms. The highest BCUT2D eigenvalue weighted by atomic mass is 79.9. The molecule has 1 heterocycles. The first-order valence-electron chi connectivity index (χ1n) is 5.80. The van der Waals surface area contributed by atoms with Crippen molar-refractivity contribution in [3.63, 3.8) is 0 Å². The second-order valence-electron chi connectivity index (χ2n) is 3.51. The summed E-state index contributed by atoms with van der Waals surface area (Å²) in [5.41, 5.74) is -0.186. The van der Waals surface area contributed by atoms with Crippen molar-refractivity contribution >= 4 is 21.6 Å². The maximum atomic E-state index is 11.9. The van der Waals surface area contributed by atoms with Crippen LogP contribution in [0.5, 0.6) is 5.75 Å². The molecule has 5 nitrogen and oxygen atoms in total. The molecule has 0 aromatic carbocycles. The van der Waals surface area contributed by atoms with Gasteiger partial charge in [0.25, 0.3) is 0 Å². The molecule has 0 saturated carbocycles. The lowest BCUT2D eigenvalue weighted by molar-refractivity contribution is 0.158. The van der Waals surface area contributed by atoms with Crippen molar-refractivity contribution in [1.29, 1.82) is 0 Å². The van der Waals surface area contributed by atoms with Gasteiger partial charge >= 0.3 is 5.63 Å². The fourth-order valence-electron chi connectivity index (χ4n) is 1.46. The number of halogens is 1. The molecule has 0 aliphatic heterocycles. The summed E-state index contributed by atoms with van der Waals surface area (Å²) in [6, 6.07) is 0. The van der Waals surface area contributed by atoms with Crippen LogP contribution >= 0.6 is 15.9 Å². The SMILES string of the molecule is CCON=C(CC)c1c(O)c(Br)c(CC)oc1=O. The average molecular weight is 318 g/mol. The van der Waals surface area contributed by atoms with E-state index in [1.807, 2.05) is 13.8 Å². The van der Waals surface area contributed by atoms with Crippen LogP contribution in [0.1, 0.15) is 38.5 Å². The maximum absolute atomic E-state index is 11.9. The largest absolute Gasteiger partial charge is 0.506 e. The summed E-state index contributed by atoms with van der Waals surface area (Å²) in [7, 11) is 0. The number of nitrogens with zero attached hydrogens (tertiary/aromatic N) is 1. The Morgan fingerprint density at radius 2 is 2.11 bits per heavy atom. The van der Waals surface area contributed by atoms with E-state index in [-0.39, 0.29) is 11.3 Å². The maximum Gasteiger partial charge on any atom is 0.349 e. The quantitative estimate of drug-likeness (QED) is 0.669. The minimum atomic E-state index is -0.604. The molecule has 0 atom stereocenters. The molecule has 0 saturated heterocycles. The Kier molecular flexibility index (Phi) is 5.40. The van der Waals surface area contributed by atoms with E-state index in [0.717, 1.165) is 0 Å². The molecule has 1 aromatic heterocycles. The summed E-state index contributed by atoms with van der Waals surface area (Å²) >= 11 is 3.21. The molecule has 0 unspecified atom stereocenters. The van der Waals surface area contributed by atoms with Gasteiger partial charge in [-0.2, -0.15) is 0 Å². The van der Waals surface area contributed by atoms with Gasteiger partial charge in [0.1, 0.15) is 23.7 Å². The van der Waals surface area contributed by atoms with Gasteiger partial charge in [-0.25, -0.2) is 4.79 Å². The van der Waals surface area contributed by atoms with Crippen LogP contribution < -0.4 is 5.63 Å². The van der Waals surface area contributed by atoms with Crippen LogP contribution in [0, 0.1) is 0 Å². The highest BCUT2D eigenvalue weighted by molar-refractivity contribution is 9.10. The Labute approximate surface area is 114 Å². The highest BCUT2D eigenvalue weighted by Gasteiger charge is 2.20. The second kappa shape index (κ2) is 6.58. The van der Waals surface area contributed by atoms with E-state index >= 15 is 0 Å². The van der Waals surface area contributed by atoms with Gasteiger partial charge in [-0.15, -0.1) is 0 Å². The van der Waals surface area contributed by atoms with Gasteiger partial charge in [-0.3, -0.25) is 0 Å². The summed E-state index contributed by atoms with van der Waals surface area (Å²) in [6.07, 6.45) is 0.962. The van der Waals surface area contributed by atoms with Crippen LogP contribution in [0.2, 0.25) is 0 Å². The number of aryl methyl sites for hydroxylation is 1. The molecule has 0 radical (unpaired) electrons. The monoisotopic (exact) mass is 317 g/mol. The fraction of sp³-hybridized carbons (Fsp3) is 0.500. The lowest BCUT2D eigenvalue weighted by Crippen LogP contribution is -2.16. The Morgan fingerprint density at radius 1 is 1.44 bits per heavy atom. The highest BCUT2D eigenvalue weighted by Crippen LogP contribution is 2.30. The smallest absolute Gasteiger partial charge is 0.349 e. The standard InChI is InChI=1S/C12H16BrNO4/c1-4-7(14-17-6-3)9-11(15)10(13)8(5-2)18-12(9)16/h15H,4-6H2,1-3H3. The zero-order valence-electron chi connectivity index (χ0n) is 10.6. The van der Waals surface area contributed by atoms with Crippen molar-refractivity contribution < 1.29 is 14.4 Å². The van der Waals surface area contributed by atoms with Crippen molar-refractivity contribution in [2.24, 2.45) is 5.16 Å². The average Bonchev–Trinajstić information content (AvgIpc) is 2.37. The third kappa shape index (κ3) is 2.93. The predicted octanol–water partition coefficient (Wildman–Crippen LogP) is 2.82. The zero-order valence-corrected chi connectivity index (χ0v) is 12.2. The fourth-order valence-corrected chi connectivity index (χ4v) is 2.02. The molecule has 0 aliphatic rings. The van der Waals surface area contributed by atoms with Gasteiger partial charge in [0, 0.05) is 6.42 Å². The lowest BCUT2D eigenvalue weighted by Gasteiger charge is -2.08. The number of aromatic hydroxyl groups is 1. The van der Waals surface area contributed by atoms with Crippen LogP contribution in [-0.2, 0) is 11.3 Å². The summed E-state index contributed by atoms with van der Waals surface area (Å²) in [4.78, 5) is 16.8. The Balaban J connectivity index is 3.41. The molecule has 1 rings (SSSR count). The molecule has 18 heavy (non-hydrogen) atoms. The number of rotatable bonds is 5. The number of oxime groups is 1. The van der Waals surface area contributed by atoms with E-state index in [2.05, 4.69) is 21.1 Å². The second-order valence-corrected chi connectivity index (χ2v) is 4.31. The Morgan fingerprint density at radius 3 is 2.61 bits per heavy atom. The molecule has 0 amide bonds. The molecular formula is C12H16BrNO4. The van der Waals surface area contributed by atoms with Crippen LogP contribution in [0.25, 0.3) is 0 Å². The number of hydrogen-bond acceptors (Lipinski definition) is 5. The van der Waals surface area contributed by atoms with Gasteiger partial charge < -0.3 is 14.4 Å². The zero-order chi connectivity index (χ0) is 13.7. The molecule has 100 valence electrons. The van der Waals surface area contributed by atoms with E-state index in [1.54, 1.807) is 6.92 Å². The summed E-state index contributed by atoms with van der Waals surface area (Å²) in [5, 5.41) is 13.9. The van der Waals surface area contributed by atoms with Gasteiger partial charge in [-0.1, -0.05) is 19.0 Å². The molecular weight excluding hydrogens is 302 g/mol. The van der Waals surface area contributed by atoms with E-state index < -0.39 is 5.63 Å². The molecule has 0 spiro atoms. The van der Waals surface area contributed by atoms with Crippen LogP contribution in [0.4, 0.5) is 0 Å². The topological polar surface area (TPSA) is 72.0 Å². The van der Waals surface area contributed by atoms with Gasteiger partial charge in [0.2, 0.25) is 0 Å². The van der Waals surface area contributed by atoms with Gasteiger partial charge in [-0.05, 0) is 29.3 Å². The van der Waals surface area contributed by atoms with E-state index in [0.29, 0.717) is 35.4 Å². The van der Waals surface area contributed by atoms with Gasteiger partial charge in [0.05, 0.1) is 10.2 Å². The van der Waals surface area contributed by atoms with Crippen molar-refractivity contribution in [2.75, 3.05) is 6.61 Å². The van der Waals surface area contributed by atoms with Crippen LogP contribution in [0.15, 0.2) is 18.8 Å². The summed E-state index contributed by atoms with van der Waals surface area (Å²) in [6.45, 7) is 5.83. The Hall–Kier alpha value is -1.30. The minimum Gasteiger partial charge on any atom is -0.506 e. The van der Waals surface area contributed by atoms with Crippen molar-refractivity contribution in [3.05, 3.63) is 26.2 Å². The third-order valence-corrected chi connectivity index (χ3v) is 3.18. The molecule has 6 heteroatoms. The minimum absolute atomic E-state index is 0.0509. The third-order valence-electron chi connectivity index (χ3n) is 2.36. The van der Waals surface area contributed by atoms with Crippen molar-refractivity contribution in [1.82, 2.24) is 0 Å². The van der Waals surface area contributed by atoms with Crippen molar-refractivity contribution in [3.8, 4) is 5.75 Å². The van der Waals surface area contributed by atoms with E-state index in [1.165, 1.54) is 0 Å². The summed E-state index contributed by atoms with van der Waals surface area (Å²) < 4.78 is 5.52. The first-order valence-corrected chi connectivity index (χ1v) is 6.59. The molecule has 1 aromatic rings. The predicted molar refractivity (Wildman–Crippen MR) is 72.2 cm³/mol. The van der Waals surface area contributed by atoms with Crippen LogP contribution in [-0.4, -0.2) is 17.4 Å². The Bertz CT molecular complexity index is 508. The van der Waals surface area contributed by atoms with E-state index in [9.17, 15) is 9.90 Å². The lowest BCUT2D eigenvalue weighted by atomic mass is 10.1. The van der Waals surface area contributed by atoms with E-state index in [4.69, 9.17) is 9.25 Å². The first-order chi connectivity index (χ1) is 8.56. The molecule has 1 N–H and O–H groups in total. The summed E-state index contributed by atoms with van der Waals surface area (Å²) in [5.74, 6) is 0.261. The van der Waals surface area contributed by atoms with Crippen molar-refractivity contribution in [2.45, 2.75) is 33.6 Å². The van der Waals surface area contributed by atoms with Crippen LogP contribution in [0.3, 0.4) is 0 Å². The number of hydrogen-bond donors (Lipinski definition) is 1.